The van der Waals surface area contributed by atoms with Gasteiger partial charge in [-0.3, -0.25) is 0 Å². The summed E-state index contributed by atoms with van der Waals surface area (Å²) in [5.41, 5.74) is 0. The van der Waals surface area contributed by atoms with Crippen molar-refractivity contribution in [2.24, 2.45) is 0 Å². The molecule has 0 saturated carbocycles. The Kier molecular flexibility index (Phi) is 24.9. The average molecular weight is 582 g/mol. The van der Waals surface area contributed by atoms with Crippen LogP contribution in [0.25, 0.3) is 0 Å². The first-order valence-electron chi connectivity index (χ1n) is 16.3. The van der Waals surface area contributed by atoms with Crippen LogP contribution in [0.4, 0.5) is 0 Å². The zero-order chi connectivity index (χ0) is 26.7. The van der Waals surface area contributed by atoms with Gasteiger partial charge < -0.3 is 9.47 Å². The molecule has 37 heavy (non-hydrogen) atoms. The predicted molar refractivity (Wildman–Crippen MR) is 167 cm³/mol. The van der Waals surface area contributed by atoms with E-state index >= 15 is 0 Å². The number of benzene rings is 1. The number of hydrogen-bond acceptors (Lipinski definition) is 2. The lowest BCUT2D eigenvalue weighted by molar-refractivity contribution is 0.258. The summed E-state index contributed by atoms with van der Waals surface area (Å²) in [7, 11) is 0. The summed E-state index contributed by atoms with van der Waals surface area (Å²) in [6.45, 7) is 6.14. The van der Waals surface area contributed by atoms with Gasteiger partial charge in [0.15, 0.2) is 11.5 Å². The Bertz CT molecular complexity index is 603. The summed E-state index contributed by atoms with van der Waals surface area (Å²) in [4.78, 5) is 0. The number of halogens is 1. The molecular weight excluding hydrogens is 520 g/mol. The van der Waals surface area contributed by atoms with E-state index in [1.54, 1.807) is 0 Å². The molecule has 216 valence electrons. The highest BCUT2D eigenvalue weighted by atomic mass is 79.9. The van der Waals surface area contributed by atoms with Gasteiger partial charge in [-0.05, 0) is 31.0 Å². The second kappa shape index (κ2) is 26.9. The first kappa shape index (κ1) is 34.3. The third-order valence-electron chi connectivity index (χ3n) is 7.42. The molecule has 0 spiro atoms. The van der Waals surface area contributed by atoms with Crippen LogP contribution in [0.3, 0.4) is 0 Å². The highest BCUT2D eigenvalue weighted by Gasteiger charge is 2.06. The minimum absolute atomic E-state index is 0.781. The number of rotatable bonds is 28. The van der Waals surface area contributed by atoms with E-state index in [4.69, 9.17) is 9.47 Å². The van der Waals surface area contributed by atoms with Gasteiger partial charge in [0, 0.05) is 4.47 Å². The fourth-order valence-electron chi connectivity index (χ4n) is 4.96. The third-order valence-corrected chi connectivity index (χ3v) is 7.91. The summed E-state index contributed by atoms with van der Waals surface area (Å²) in [5, 5.41) is 0. The maximum atomic E-state index is 6.12. The lowest BCUT2D eigenvalue weighted by atomic mass is 10.1. The molecule has 3 heteroatoms. The standard InChI is InChI=1S/C34H61BrO2/c1-3-5-7-9-11-13-15-17-19-21-23-25-29-36-33-28-27-32(35)31-34(33)37-30-26-24-22-20-18-16-14-12-10-8-6-4-2/h27-28,31H,3-26,29-30H2,1-2H3. The number of ether oxygens (including phenoxy) is 2. The Hall–Kier alpha value is -0.700. The van der Waals surface area contributed by atoms with Crippen LogP contribution in [0.1, 0.15) is 168 Å². The van der Waals surface area contributed by atoms with E-state index in [1.165, 1.54) is 141 Å². The third kappa shape index (κ3) is 21.9. The molecule has 1 aromatic rings. The topological polar surface area (TPSA) is 18.5 Å². The van der Waals surface area contributed by atoms with Crippen LogP contribution in [-0.4, -0.2) is 13.2 Å². The van der Waals surface area contributed by atoms with Crippen molar-refractivity contribution in [3.05, 3.63) is 22.7 Å². The molecule has 1 aromatic carbocycles. The molecule has 0 N–H and O–H groups in total. The molecule has 0 atom stereocenters. The van der Waals surface area contributed by atoms with Crippen molar-refractivity contribution >= 4 is 15.9 Å². The van der Waals surface area contributed by atoms with E-state index in [2.05, 4.69) is 35.8 Å². The van der Waals surface area contributed by atoms with Gasteiger partial charge in [0.25, 0.3) is 0 Å². The van der Waals surface area contributed by atoms with Crippen LogP contribution in [0.2, 0.25) is 0 Å². The first-order chi connectivity index (χ1) is 18.3. The fourth-order valence-corrected chi connectivity index (χ4v) is 5.30. The van der Waals surface area contributed by atoms with Crippen molar-refractivity contribution in [2.45, 2.75) is 168 Å². The molecule has 0 saturated heterocycles. The Labute approximate surface area is 240 Å². The lowest BCUT2D eigenvalue weighted by Gasteiger charge is -2.13. The second-order valence-corrected chi connectivity index (χ2v) is 12.0. The lowest BCUT2D eigenvalue weighted by Crippen LogP contribution is -2.03. The van der Waals surface area contributed by atoms with Crippen LogP contribution >= 0.6 is 15.9 Å². The minimum Gasteiger partial charge on any atom is -0.490 e. The van der Waals surface area contributed by atoms with Gasteiger partial charge in [-0.25, -0.2) is 0 Å². The normalized spacial score (nSPS) is 11.2. The van der Waals surface area contributed by atoms with E-state index in [9.17, 15) is 0 Å². The summed E-state index contributed by atoms with van der Waals surface area (Å²) >= 11 is 3.59. The van der Waals surface area contributed by atoms with Crippen molar-refractivity contribution in [2.75, 3.05) is 13.2 Å². The maximum absolute atomic E-state index is 6.12. The molecule has 0 aromatic heterocycles. The van der Waals surface area contributed by atoms with Crippen molar-refractivity contribution in [3.63, 3.8) is 0 Å². The van der Waals surface area contributed by atoms with Gasteiger partial charge in [-0.15, -0.1) is 0 Å². The molecule has 1 rings (SSSR count). The molecule has 0 bridgehead atoms. The van der Waals surface area contributed by atoms with Crippen LogP contribution in [0.5, 0.6) is 11.5 Å². The highest BCUT2D eigenvalue weighted by molar-refractivity contribution is 9.10. The Balaban J connectivity index is 2.01. The molecule has 0 radical (unpaired) electrons. The molecule has 0 aliphatic heterocycles. The van der Waals surface area contributed by atoms with E-state index in [0.29, 0.717) is 0 Å². The van der Waals surface area contributed by atoms with Crippen LogP contribution in [0, 0.1) is 0 Å². The van der Waals surface area contributed by atoms with E-state index in [-0.39, 0.29) is 0 Å². The van der Waals surface area contributed by atoms with Crippen LogP contribution in [-0.2, 0) is 0 Å². The number of unbranched alkanes of at least 4 members (excludes halogenated alkanes) is 22. The van der Waals surface area contributed by atoms with Crippen molar-refractivity contribution in [3.8, 4) is 11.5 Å². The predicted octanol–water partition coefficient (Wildman–Crippen LogP) is 12.6. The van der Waals surface area contributed by atoms with Gasteiger partial charge in [-0.1, -0.05) is 171 Å². The van der Waals surface area contributed by atoms with Gasteiger partial charge in [0.1, 0.15) is 0 Å². The fraction of sp³-hybridized carbons (Fsp3) is 0.824. The van der Waals surface area contributed by atoms with Gasteiger partial charge in [0.2, 0.25) is 0 Å². The summed E-state index contributed by atoms with van der Waals surface area (Å²) in [6, 6.07) is 6.15. The molecule has 0 aliphatic rings. The van der Waals surface area contributed by atoms with Crippen molar-refractivity contribution in [1.29, 1.82) is 0 Å². The summed E-state index contributed by atoms with van der Waals surface area (Å²) < 4.78 is 13.3. The van der Waals surface area contributed by atoms with Gasteiger partial charge in [-0.2, -0.15) is 0 Å². The Morgan fingerprint density at radius 2 is 0.757 bits per heavy atom. The molecule has 0 fully saturated rings. The first-order valence-corrected chi connectivity index (χ1v) is 17.1. The average Bonchev–Trinajstić information content (AvgIpc) is 2.90. The van der Waals surface area contributed by atoms with Crippen LogP contribution in [0.15, 0.2) is 22.7 Å². The minimum atomic E-state index is 0.781. The second-order valence-electron chi connectivity index (χ2n) is 11.1. The van der Waals surface area contributed by atoms with E-state index in [0.717, 1.165) is 42.0 Å². The van der Waals surface area contributed by atoms with E-state index < -0.39 is 0 Å². The molecule has 0 aliphatic carbocycles. The highest BCUT2D eigenvalue weighted by Crippen LogP contribution is 2.31. The van der Waals surface area contributed by atoms with Gasteiger partial charge >= 0.3 is 0 Å². The monoisotopic (exact) mass is 580 g/mol. The smallest absolute Gasteiger partial charge is 0.162 e. The molecular formula is C34H61BrO2. The molecule has 0 unspecified atom stereocenters. The summed E-state index contributed by atoms with van der Waals surface area (Å²) in [6.07, 6.45) is 32.8. The summed E-state index contributed by atoms with van der Waals surface area (Å²) in [5.74, 6) is 1.78. The quantitative estimate of drug-likeness (QED) is 0.0917. The molecule has 0 heterocycles. The molecule has 0 amide bonds. The Morgan fingerprint density at radius 3 is 1.14 bits per heavy atom. The van der Waals surface area contributed by atoms with E-state index in [1.807, 2.05) is 12.1 Å². The maximum Gasteiger partial charge on any atom is 0.162 e. The SMILES string of the molecule is CCCCCCCCCCCCCCOc1ccc(Br)cc1OCCCCCCCCCCCCCC. The largest absolute Gasteiger partial charge is 0.490 e. The zero-order valence-corrected chi connectivity index (χ0v) is 26.4. The van der Waals surface area contributed by atoms with Crippen molar-refractivity contribution in [1.82, 2.24) is 0 Å². The van der Waals surface area contributed by atoms with Gasteiger partial charge in [0.05, 0.1) is 13.2 Å². The Morgan fingerprint density at radius 1 is 0.432 bits per heavy atom. The zero-order valence-electron chi connectivity index (χ0n) is 24.8. The van der Waals surface area contributed by atoms with Crippen molar-refractivity contribution < 1.29 is 9.47 Å². The molecule has 2 nitrogen and oxygen atoms in total. The van der Waals surface area contributed by atoms with Crippen LogP contribution < -0.4 is 9.47 Å². The number of hydrogen-bond donors (Lipinski definition) is 0.